The van der Waals surface area contributed by atoms with Gasteiger partial charge in [-0.15, -0.1) is 0 Å². The van der Waals surface area contributed by atoms with Crippen molar-refractivity contribution < 1.29 is 13.2 Å². The monoisotopic (exact) mass is 253 g/mol. The van der Waals surface area contributed by atoms with Crippen LogP contribution in [-0.4, -0.2) is 4.98 Å². The van der Waals surface area contributed by atoms with Gasteiger partial charge in [-0.2, -0.15) is 0 Å². The highest BCUT2D eigenvalue weighted by Crippen LogP contribution is 2.21. The Bertz CT molecular complexity index is 315. The first kappa shape index (κ1) is 10.5. The molecule has 0 aliphatic carbocycles. The highest BCUT2D eigenvalue weighted by molar-refractivity contribution is 9.08. The molecule has 1 heterocycles. The molecule has 0 bridgehead atoms. The average Bonchev–Trinajstić information content (AvgIpc) is 2.09. The number of aromatic nitrogens is 1. The Morgan fingerprint density at radius 1 is 1.54 bits per heavy atom. The Morgan fingerprint density at radius 3 is 2.62 bits per heavy atom. The molecule has 0 aliphatic heterocycles. The maximum atomic E-state index is 13.0. The molecule has 1 rings (SSSR count). The Kier molecular flexibility index (Phi) is 3.30. The summed E-state index contributed by atoms with van der Waals surface area (Å²) >= 11 is 3.05. The molecule has 0 amide bonds. The molecule has 0 atom stereocenters. The molecule has 0 unspecified atom stereocenters. The Labute approximate surface area is 82.1 Å². The molecule has 5 heteroatoms. The van der Waals surface area contributed by atoms with Crippen LogP contribution in [-0.2, 0) is 5.33 Å². The normalized spacial score (nSPS) is 10.9. The zero-order valence-corrected chi connectivity index (χ0v) is 8.41. The molecule has 1 nitrogen and oxygen atoms in total. The van der Waals surface area contributed by atoms with Crippen molar-refractivity contribution in [2.75, 3.05) is 0 Å². The summed E-state index contributed by atoms with van der Waals surface area (Å²) in [6.07, 6.45) is -2.73. The fourth-order valence-corrected chi connectivity index (χ4v) is 1.44. The Balaban J connectivity index is 3.22. The van der Waals surface area contributed by atoms with Crippen LogP contribution in [0.4, 0.5) is 13.2 Å². The molecule has 13 heavy (non-hydrogen) atoms. The smallest absolute Gasteiger partial charge is 0.250 e. The molecule has 0 aromatic carbocycles. The molecule has 0 aliphatic rings. The van der Waals surface area contributed by atoms with E-state index in [0.29, 0.717) is 11.3 Å². The maximum Gasteiger partial charge on any atom is 0.280 e. The van der Waals surface area contributed by atoms with Crippen LogP contribution in [0.5, 0.6) is 0 Å². The van der Waals surface area contributed by atoms with E-state index in [-0.39, 0.29) is 5.33 Å². The molecule has 0 radical (unpaired) electrons. The van der Waals surface area contributed by atoms with Crippen molar-refractivity contribution in [3.63, 3.8) is 0 Å². The maximum absolute atomic E-state index is 13.0. The van der Waals surface area contributed by atoms with Crippen molar-refractivity contribution in [2.45, 2.75) is 18.7 Å². The largest absolute Gasteiger partial charge is 0.280 e. The Hall–Kier alpha value is -0.580. The number of hydrogen-bond donors (Lipinski definition) is 0. The molecular formula is C8H7BrF3N. The van der Waals surface area contributed by atoms with Gasteiger partial charge in [0, 0.05) is 17.0 Å². The van der Waals surface area contributed by atoms with Crippen LogP contribution in [0.1, 0.15) is 23.4 Å². The standard InChI is InChI=1S/C8H7BrF3N/c1-4-5(10)2-6(8(11)12)13-7(4)3-9/h2,8H,3H2,1H3. The Morgan fingerprint density at radius 2 is 2.15 bits per heavy atom. The van der Waals surface area contributed by atoms with Crippen molar-refractivity contribution in [3.05, 3.63) is 28.8 Å². The summed E-state index contributed by atoms with van der Waals surface area (Å²) in [4.78, 5) is 3.61. The van der Waals surface area contributed by atoms with Gasteiger partial charge in [0.25, 0.3) is 6.43 Å². The third kappa shape index (κ3) is 2.21. The molecule has 0 spiro atoms. The number of pyridine rings is 1. The number of halogens is 4. The molecule has 72 valence electrons. The van der Waals surface area contributed by atoms with E-state index in [9.17, 15) is 13.2 Å². The lowest BCUT2D eigenvalue weighted by Crippen LogP contribution is -2.00. The topological polar surface area (TPSA) is 12.9 Å². The lowest BCUT2D eigenvalue weighted by atomic mass is 10.2. The van der Waals surface area contributed by atoms with Crippen molar-refractivity contribution in [2.24, 2.45) is 0 Å². The predicted octanol–water partition coefficient (Wildman–Crippen LogP) is 3.36. The number of rotatable bonds is 2. The molecule has 0 saturated carbocycles. The van der Waals surface area contributed by atoms with Crippen LogP contribution in [0.2, 0.25) is 0 Å². The summed E-state index contributed by atoms with van der Waals surface area (Å²) in [5.41, 5.74) is 0.106. The van der Waals surface area contributed by atoms with Crippen LogP contribution in [0.3, 0.4) is 0 Å². The summed E-state index contributed by atoms with van der Waals surface area (Å²) in [5.74, 6) is -0.639. The van der Waals surface area contributed by atoms with E-state index in [1.54, 1.807) is 0 Å². The molecule has 0 N–H and O–H groups in total. The van der Waals surface area contributed by atoms with Gasteiger partial charge in [0.1, 0.15) is 11.5 Å². The van der Waals surface area contributed by atoms with Gasteiger partial charge in [-0.25, -0.2) is 13.2 Å². The van der Waals surface area contributed by atoms with E-state index < -0.39 is 17.9 Å². The van der Waals surface area contributed by atoms with E-state index in [1.165, 1.54) is 6.92 Å². The van der Waals surface area contributed by atoms with E-state index in [0.717, 1.165) is 6.07 Å². The van der Waals surface area contributed by atoms with E-state index in [1.807, 2.05) is 0 Å². The summed E-state index contributed by atoms with van der Waals surface area (Å²) < 4.78 is 37.3. The van der Waals surface area contributed by atoms with Crippen LogP contribution in [0.15, 0.2) is 6.07 Å². The van der Waals surface area contributed by atoms with Gasteiger partial charge in [-0.05, 0) is 6.92 Å². The number of nitrogens with zero attached hydrogens (tertiary/aromatic N) is 1. The zero-order valence-electron chi connectivity index (χ0n) is 6.82. The van der Waals surface area contributed by atoms with Gasteiger partial charge in [0.05, 0.1) is 5.69 Å². The molecule has 0 saturated heterocycles. The summed E-state index contributed by atoms with van der Waals surface area (Å²) in [6, 6.07) is 0.770. The number of hydrogen-bond acceptors (Lipinski definition) is 1. The first-order valence-electron chi connectivity index (χ1n) is 3.56. The molecule has 0 fully saturated rings. The minimum absolute atomic E-state index is 0.274. The third-order valence-corrected chi connectivity index (χ3v) is 2.21. The highest BCUT2D eigenvalue weighted by Gasteiger charge is 2.14. The van der Waals surface area contributed by atoms with Crippen molar-refractivity contribution >= 4 is 15.9 Å². The summed E-state index contributed by atoms with van der Waals surface area (Å²) in [7, 11) is 0. The minimum Gasteiger partial charge on any atom is -0.250 e. The molecular weight excluding hydrogens is 247 g/mol. The fourth-order valence-electron chi connectivity index (χ4n) is 0.890. The highest BCUT2D eigenvalue weighted by atomic mass is 79.9. The second-order valence-electron chi connectivity index (χ2n) is 2.53. The van der Waals surface area contributed by atoms with Crippen LogP contribution >= 0.6 is 15.9 Å². The van der Waals surface area contributed by atoms with Crippen molar-refractivity contribution in [3.8, 4) is 0 Å². The second kappa shape index (κ2) is 4.09. The predicted molar refractivity (Wildman–Crippen MR) is 46.5 cm³/mol. The first-order chi connectivity index (χ1) is 6.06. The summed E-state index contributed by atoms with van der Waals surface area (Å²) in [5, 5.41) is 0.274. The zero-order chi connectivity index (χ0) is 10.0. The van der Waals surface area contributed by atoms with Gasteiger partial charge < -0.3 is 0 Å². The SMILES string of the molecule is Cc1c(F)cc(C(F)F)nc1CBr. The minimum atomic E-state index is -2.73. The molecule has 1 aromatic heterocycles. The quantitative estimate of drug-likeness (QED) is 0.737. The van der Waals surface area contributed by atoms with Crippen LogP contribution in [0, 0.1) is 12.7 Å². The summed E-state index contributed by atoms with van der Waals surface area (Å²) in [6.45, 7) is 1.51. The lowest BCUT2D eigenvalue weighted by molar-refractivity contribution is 0.145. The lowest BCUT2D eigenvalue weighted by Gasteiger charge is -2.05. The van der Waals surface area contributed by atoms with Gasteiger partial charge in [0.15, 0.2) is 0 Å². The van der Waals surface area contributed by atoms with Gasteiger partial charge in [0.2, 0.25) is 0 Å². The van der Waals surface area contributed by atoms with E-state index >= 15 is 0 Å². The van der Waals surface area contributed by atoms with Gasteiger partial charge in [-0.3, -0.25) is 4.98 Å². The van der Waals surface area contributed by atoms with Crippen LogP contribution < -0.4 is 0 Å². The van der Waals surface area contributed by atoms with Gasteiger partial charge in [-0.1, -0.05) is 15.9 Å². The molecule has 1 aromatic rings. The number of alkyl halides is 3. The fraction of sp³-hybridized carbons (Fsp3) is 0.375. The van der Waals surface area contributed by atoms with E-state index in [4.69, 9.17) is 0 Å². The average molecular weight is 254 g/mol. The van der Waals surface area contributed by atoms with Crippen molar-refractivity contribution in [1.29, 1.82) is 0 Å². The van der Waals surface area contributed by atoms with Crippen LogP contribution in [0.25, 0.3) is 0 Å². The van der Waals surface area contributed by atoms with Crippen molar-refractivity contribution in [1.82, 2.24) is 4.98 Å². The first-order valence-corrected chi connectivity index (χ1v) is 4.68. The second-order valence-corrected chi connectivity index (χ2v) is 3.10. The van der Waals surface area contributed by atoms with E-state index in [2.05, 4.69) is 20.9 Å². The third-order valence-electron chi connectivity index (χ3n) is 1.68. The van der Waals surface area contributed by atoms with Gasteiger partial charge >= 0.3 is 0 Å².